The van der Waals surface area contributed by atoms with Crippen molar-refractivity contribution in [3.63, 3.8) is 0 Å². The van der Waals surface area contributed by atoms with Gasteiger partial charge < -0.3 is 0 Å². The van der Waals surface area contributed by atoms with E-state index in [1.54, 1.807) is 0 Å². The molecule has 0 amide bonds. The van der Waals surface area contributed by atoms with Crippen LogP contribution in [0, 0.1) is 32.1 Å². The minimum atomic E-state index is 0.111. The zero-order chi connectivity index (χ0) is 41.7. The van der Waals surface area contributed by atoms with Crippen LogP contribution >= 0.6 is 0 Å². The predicted octanol–water partition coefficient (Wildman–Crippen LogP) is 15.0. The van der Waals surface area contributed by atoms with Crippen LogP contribution in [-0.2, 0) is 10.8 Å². The molecule has 296 valence electrons. The first kappa shape index (κ1) is 40.8. The van der Waals surface area contributed by atoms with Gasteiger partial charge in [0.2, 0.25) is 0 Å². The summed E-state index contributed by atoms with van der Waals surface area (Å²) in [4.78, 5) is 15.5. The van der Waals surface area contributed by atoms with Crippen molar-refractivity contribution in [1.82, 2.24) is 15.0 Å². The van der Waals surface area contributed by atoms with Crippen LogP contribution in [0.5, 0.6) is 0 Å². The molecular formula is C55H61N3. The van der Waals surface area contributed by atoms with Crippen molar-refractivity contribution in [3.05, 3.63) is 160 Å². The van der Waals surface area contributed by atoms with Gasteiger partial charge in [0.25, 0.3) is 0 Å². The Labute approximate surface area is 348 Å². The van der Waals surface area contributed by atoms with E-state index in [-0.39, 0.29) is 16.2 Å². The third kappa shape index (κ3) is 8.56. The molecule has 0 spiro atoms. The maximum Gasteiger partial charge on any atom is 0.164 e. The normalized spacial score (nSPS) is 16.1. The van der Waals surface area contributed by atoms with E-state index in [0.717, 1.165) is 16.7 Å². The highest BCUT2D eigenvalue weighted by molar-refractivity contribution is 5.75. The van der Waals surface area contributed by atoms with E-state index in [9.17, 15) is 0 Å². The summed E-state index contributed by atoms with van der Waals surface area (Å²) >= 11 is 0. The van der Waals surface area contributed by atoms with Gasteiger partial charge in [-0.3, -0.25) is 0 Å². The third-order valence-electron chi connectivity index (χ3n) is 12.0. The largest absolute Gasteiger partial charge is 0.208 e. The molecule has 2 unspecified atom stereocenters. The van der Waals surface area contributed by atoms with Gasteiger partial charge in [-0.2, -0.15) is 0 Å². The molecule has 0 saturated carbocycles. The van der Waals surface area contributed by atoms with Crippen molar-refractivity contribution in [3.8, 4) is 56.4 Å². The lowest BCUT2D eigenvalue weighted by molar-refractivity contribution is 0.496. The lowest BCUT2D eigenvalue weighted by Gasteiger charge is -2.30. The second kappa shape index (κ2) is 15.4. The van der Waals surface area contributed by atoms with Gasteiger partial charge in [0.1, 0.15) is 0 Å². The number of hydrogen-bond donors (Lipinski definition) is 0. The molecule has 0 N–H and O–H groups in total. The van der Waals surface area contributed by atoms with E-state index in [1.807, 2.05) is 0 Å². The average Bonchev–Trinajstić information content (AvgIpc) is 3.17. The summed E-state index contributed by atoms with van der Waals surface area (Å²) in [5, 5.41) is 0. The Bertz CT molecular complexity index is 2400. The number of allylic oxidation sites excluding steroid dienone is 4. The van der Waals surface area contributed by atoms with Gasteiger partial charge >= 0.3 is 0 Å². The molecule has 6 aromatic rings. The van der Waals surface area contributed by atoms with Gasteiger partial charge in [0, 0.05) is 22.6 Å². The Morgan fingerprint density at radius 3 is 1.16 bits per heavy atom. The smallest absolute Gasteiger partial charge is 0.164 e. The van der Waals surface area contributed by atoms with E-state index >= 15 is 0 Å². The Morgan fingerprint density at radius 2 is 0.810 bits per heavy atom. The third-order valence-corrected chi connectivity index (χ3v) is 12.0. The molecule has 0 fully saturated rings. The molecule has 7 rings (SSSR count). The van der Waals surface area contributed by atoms with E-state index in [0.29, 0.717) is 29.3 Å². The minimum Gasteiger partial charge on any atom is -0.208 e. The molecule has 3 nitrogen and oxygen atoms in total. The van der Waals surface area contributed by atoms with Crippen LogP contribution in [0.1, 0.15) is 109 Å². The quantitative estimate of drug-likeness (QED) is 0.170. The van der Waals surface area contributed by atoms with Crippen molar-refractivity contribution in [2.45, 2.75) is 107 Å². The van der Waals surface area contributed by atoms with Crippen molar-refractivity contribution in [2.24, 2.45) is 11.3 Å². The van der Waals surface area contributed by atoms with Crippen molar-refractivity contribution in [1.29, 1.82) is 0 Å². The molecule has 0 bridgehead atoms. The highest BCUT2D eigenvalue weighted by Crippen LogP contribution is 2.40. The number of rotatable bonds is 6. The number of benzene rings is 5. The summed E-state index contributed by atoms with van der Waals surface area (Å²) in [5.41, 5.74) is 17.1. The van der Waals surface area contributed by atoms with E-state index in [1.165, 1.54) is 61.2 Å². The maximum atomic E-state index is 5.19. The van der Waals surface area contributed by atoms with Gasteiger partial charge in [-0.15, -0.1) is 0 Å². The SMILES string of the molecule is Cc1cc(-c2nc(-c3ccc(-c4ccc(C(C)(C)C)cc4)c(C)c3)nc(-c3ccc(C4C=CC(C(C)(C)C)=CC4C)c(C)c3)n2)ccc1-c1ccc(C(C)(C)C)cc1. The summed E-state index contributed by atoms with van der Waals surface area (Å²) in [6.07, 6.45) is 7.16. The fraction of sp³-hybridized carbons (Fsp3) is 0.327. The van der Waals surface area contributed by atoms with Crippen LogP contribution in [0.4, 0.5) is 0 Å². The summed E-state index contributed by atoms with van der Waals surface area (Å²) in [7, 11) is 0. The first-order valence-corrected chi connectivity index (χ1v) is 21.0. The van der Waals surface area contributed by atoms with Crippen molar-refractivity contribution in [2.75, 3.05) is 0 Å². The molecule has 5 aromatic carbocycles. The van der Waals surface area contributed by atoms with E-state index in [2.05, 4.69) is 211 Å². The molecule has 0 saturated heterocycles. The Morgan fingerprint density at radius 1 is 0.431 bits per heavy atom. The summed E-state index contributed by atoms with van der Waals surface area (Å²) in [6, 6.07) is 37.9. The Kier molecular flexibility index (Phi) is 10.8. The molecule has 0 aliphatic heterocycles. The molecular weight excluding hydrogens is 703 g/mol. The Hall–Kier alpha value is -5.41. The topological polar surface area (TPSA) is 38.7 Å². The number of nitrogens with zero attached hydrogens (tertiary/aromatic N) is 3. The molecule has 1 aliphatic rings. The van der Waals surface area contributed by atoms with Gasteiger partial charge in [-0.25, -0.2) is 15.0 Å². The maximum absolute atomic E-state index is 5.19. The second-order valence-electron chi connectivity index (χ2n) is 19.7. The Balaban J connectivity index is 1.28. The lowest BCUT2D eigenvalue weighted by Crippen LogP contribution is -2.16. The average molecular weight is 764 g/mol. The highest BCUT2D eigenvalue weighted by Gasteiger charge is 2.25. The monoisotopic (exact) mass is 763 g/mol. The zero-order valence-corrected chi connectivity index (χ0v) is 37.0. The van der Waals surface area contributed by atoms with Crippen molar-refractivity contribution < 1.29 is 0 Å². The summed E-state index contributed by atoms with van der Waals surface area (Å²) in [5.74, 6) is 2.74. The van der Waals surface area contributed by atoms with Crippen LogP contribution in [0.3, 0.4) is 0 Å². The molecule has 1 aliphatic carbocycles. The minimum absolute atomic E-state index is 0.111. The first-order chi connectivity index (χ1) is 27.3. The predicted molar refractivity (Wildman–Crippen MR) is 247 cm³/mol. The van der Waals surface area contributed by atoms with Gasteiger partial charge in [-0.1, -0.05) is 172 Å². The van der Waals surface area contributed by atoms with Crippen LogP contribution in [0.25, 0.3) is 56.4 Å². The standard InChI is InChI=1S/C55H61N3/c1-34-30-40(18-26-46(34)38-14-21-43(22-15-38)53(5,6)7)50-56-51(41-19-27-47(35(2)31-41)39-16-23-44(24-17-39)54(8,9)10)58-52(57-50)42-20-28-48(36(3)32-42)49-29-25-45(33-37(49)4)55(11,12)13/h14-33,37,49H,1-13H3. The molecule has 1 heterocycles. The van der Waals surface area contributed by atoms with Crippen LogP contribution < -0.4 is 0 Å². The van der Waals surface area contributed by atoms with Gasteiger partial charge in [0.05, 0.1) is 0 Å². The van der Waals surface area contributed by atoms with Crippen LogP contribution in [0.2, 0.25) is 0 Å². The lowest BCUT2D eigenvalue weighted by atomic mass is 9.75. The second-order valence-corrected chi connectivity index (χ2v) is 19.7. The number of hydrogen-bond acceptors (Lipinski definition) is 3. The molecule has 3 heteroatoms. The molecule has 2 atom stereocenters. The number of aryl methyl sites for hydroxylation is 3. The van der Waals surface area contributed by atoms with Crippen LogP contribution in [0.15, 0.2) is 127 Å². The molecule has 58 heavy (non-hydrogen) atoms. The first-order valence-electron chi connectivity index (χ1n) is 21.0. The van der Waals surface area contributed by atoms with Crippen LogP contribution in [-0.4, -0.2) is 15.0 Å². The fourth-order valence-corrected chi connectivity index (χ4v) is 8.22. The van der Waals surface area contributed by atoms with Crippen molar-refractivity contribution >= 4 is 0 Å². The summed E-state index contributed by atoms with van der Waals surface area (Å²) < 4.78 is 0. The molecule has 0 radical (unpaired) electrons. The van der Waals surface area contributed by atoms with Gasteiger partial charge in [0.15, 0.2) is 17.5 Å². The van der Waals surface area contributed by atoms with Gasteiger partial charge in [-0.05, 0) is 122 Å². The summed E-state index contributed by atoms with van der Waals surface area (Å²) in [6.45, 7) is 29.3. The highest BCUT2D eigenvalue weighted by atomic mass is 15.0. The zero-order valence-electron chi connectivity index (χ0n) is 37.0. The van der Waals surface area contributed by atoms with E-state index < -0.39 is 0 Å². The number of aromatic nitrogens is 3. The molecule has 1 aromatic heterocycles. The fourth-order valence-electron chi connectivity index (χ4n) is 8.22. The van der Waals surface area contributed by atoms with E-state index in [4.69, 9.17) is 15.0 Å².